The van der Waals surface area contributed by atoms with Crippen molar-refractivity contribution in [3.8, 4) is 0 Å². The Morgan fingerprint density at radius 1 is 1.44 bits per heavy atom. The van der Waals surface area contributed by atoms with Crippen LogP contribution in [-0.4, -0.2) is 10.2 Å². The summed E-state index contributed by atoms with van der Waals surface area (Å²) in [6.07, 6.45) is 0.508. The summed E-state index contributed by atoms with van der Waals surface area (Å²) in [5.41, 5.74) is 0.704. The summed E-state index contributed by atoms with van der Waals surface area (Å²) >= 11 is 18.3. The number of carbonyl (C=O) groups is 1. The van der Waals surface area contributed by atoms with E-state index in [0.29, 0.717) is 12.1 Å². The first-order chi connectivity index (χ1) is 7.40. The smallest absolute Gasteiger partial charge is 0.230 e. The van der Waals surface area contributed by atoms with Crippen molar-refractivity contribution in [3.05, 3.63) is 27.1 Å². The van der Waals surface area contributed by atoms with Gasteiger partial charge in [-0.2, -0.15) is 0 Å². The zero-order chi connectivity index (χ0) is 11.9. The number of halogens is 4. The molecule has 0 aliphatic heterocycles. The highest BCUT2D eigenvalue weighted by Crippen LogP contribution is 2.53. The maximum Gasteiger partial charge on any atom is 0.230 e. The zero-order valence-electron chi connectivity index (χ0n) is 7.94. The van der Waals surface area contributed by atoms with E-state index in [9.17, 15) is 4.79 Å². The van der Waals surface area contributed by atoms with Crippen molar-refractivity contribution in [2.24, 2.45) is 5.92 Å². The Bertz CT molecular complexity index is 450. The minimum Gasteiger partial charge on any atom is -0.325 e. The van der Waals surface area contributed by atoms with Gasteiger partial charge in [-0.15, -0.1) is 23.2 Å². The van der Waals surface area contributed by atoms with Crippen molar-refractivity contribution >= 4 is 66.7 Å². The third-order valence-corrected chi connectivity index (χ3v) is 4.35. The quantitative estimate of drug-likeness (QED) is 0.751. The Morgan fingerprint density at radius 3 is 2.62 bits per heavy atom. The van der Waals surface area contributed by atoms with Crippen LogP contribution in [0.1, 0.15) is 6.42 Å². The van der Waals surface area contributed by atoms with Crippen LogP contribution in [-0.2, 0) is 4.79 Å². The zero-order valence-corrected chi connectivity index (χ0v) is 12.6. The highest BCUT2D eigenvalue weighted by Gasteiger charge is 2.56. The van der Waals surface area contributed by atoms with Gasteiger partial charge in [0.15, 0.2) is 0 Å². The molecule has 1 amide bonds. The predicted octanol–water partition coefficient (Wildman–Crippen LogP) is 4.34. The van der Waals surface area contributed by atoms with E-state index in [1.807, 2.05) is 18.2 Å². The molecule has 2 nitrogen and oxygen atoms in total. The van der Waals surface area contributed by atoms with E-state index in [0.717, 1.165) is 8.95 Å². The van der Waals surface area contributed by atoms with Crippen molar-refractivity contribution < 1.29 is 4.79 Å². The second-order valence-electron chi connectivity index (χ2n) is 3.63. The molecule has 1 aliphatic rings. The molecule has 16 heavy (non-hydrogen) atoms. The van der Waals surface area contributed by atoms with Gasteiger partial charge in [0.05, 0.1) is 11.6 Å². The van der Waals surface area contributed by atoms with Crippen molar-refractivity contribution in [1.29, 1.82) is 0 Å². The summed E-state index contributed by atoms with van der Waals surface area (Å²) < 4.78 is 0.826. The van der Waals surface area contributed by atoms with Gasteiger partial charge in [-0.05, 0) is 40.5 Å². The van der Waals surface area contributed by atoms with E-state index in [-0.39, 0.29) is 11.8 Å². The molecule has 86 valence electrons. The first-order valence-corrected chi connectivity index (χ1v) is 6.88. The molecular weight excluding hydrogens is 381 g/mol. The van der Waals surface area contributed by atoms with Gasteiger partial charge in [-0.25, -0.2) is 0 Å². The van der Waals surface area contributed by atoms with E-state index in [1.165, 1.54) is 0 Å². The second kappa shape index (κ2) is 4.48. The Balaban J connectivity index is 2.10. The number of rotatable bonds is 2. The SMILES string of the molecule is O=C(Nc1cc(Br)ccc1Br)C1CC1(Cl)Cl. The van der Waals surface area contributed by atoms with Crippen LogP contribution < -0.4 is 5.32 Å². The van der Waals surface area contributed by atoms with Crippen LogP contribution >= 0.6 is 55.1 Å². The lowest BCUT2D eigenvalue weighted by molar-refractivity contribution is -0.117. The van der Waals surface area contributed by atoms with Gasteiger partial charge < -0.3 is 5.32 Å². The maximum atomic E-state index is 11.7. The average molecular weight is 388 g/mol. The number of benzene rings is 1. The lowest BCUT2D eigenvalue weighted by Gasteiger charge is -2.07. The van der Waals surface area contributed by atoms with Gasteiger partial charge in [0.25, 0.3) is 0 Å². The Kier molecular flexibility index (Phi) is 3.55. The third kappa shape index (κ3) is 2.73. The minimum atomic E-state index is -0.886. The number of amides is 1. The van der Waals surface area contributed by atoms with Gasteiger partial charge in [0.2, 0.25) is 5.91 Å². The van der Waals surface area contributed by atoms with Crippen molar-refractivity contribution in [2.75, 3.05) is 5.32 Å². The number of alkyl halides is 2. The van der Waals surface area contributed by atoms with Crippen LogP contribution in [0, 0.1) is 5.92 Å². The summed E-state index contributed by atoms with van der Waals surface area (Å²) in [6, 6.07) is 5.54. The Morgan fingerprint density at radius 2 is 2.06 bits per heavy atom. The summed E-state index contributed by atoms with van der Waals surface area (Å²) in [5, 5.41) is 2.78. The van der Waals surface area contributed by atoms with E-state index >= 15 is 0 Å². The van der Waals surface area contributed by atoms with E-state index in [1.54, 1.807) is 0 Å². The lowest BCUT2D eigenvalue weighted by atomic mass is 10.3. The number of anilines is 1. The minimum absolute atomic E-state index is 0.149. The van der Waals surface area contributed by atoms with Crippen LogP contribution in [0.15, 0.2) is 27.1 Å². The lowest BCUT2D eigenvalue weighted by Crippen LogP contribution is -2.17. The monoisotopic (exact) mass is 385 g/mol. The van der Waals surface area contributed by atoms with Crippen molar-refractivity contribution in [1.82, 2.24) is 0 Å². The Labute approximate surface area is 120 Å². The predicted molar refractivity (Wildman–Crippen MR) is 73.0 cm³/mol. The summed E-state index contributed by atoms with van der Waals surface area (Å²) in [5.74, 6) is -0.467. The topological polar surface area (TPSA) is 29.1 Å². The van der Waals surface area contributed by atoms with Gasteiger partial charge >= 0.3 is 0 Å². The molecule has 1 aromatic rings. The fourth-order valence-corrected chi connectivity index (χ4v) is 2.52. The molecule has 0 bridgehead atoms. The molecule has 1 atom stereocenters. The van der Waals surface area contributed by atoms with E-state index in [4.69, 9.17) is 23.2 Å². The van der Waals surface area contributed by atoms with Gasteiger partial charge in [0, 0.05) is 8.95 Å². The molecule has 0 saturated heterocycles. The molecular formula is C10H7Br2Cl2NO. The largest absolute Gasteiger partial charge is 0.325 e. The first-order valence-electron chi connectivity index (χ1n) is 4.54. The number of nitrogens with one attached hydrogen (secondary N) is 1. The van der Waals surface area contributed by atoms with Crippen LogP contribution in [0.2, 0.25) is 0 Å². The van der Waals surface area contributed by atoms with Crippen LogP contribution in [0.25, 0.3) is 0 Å². The van der Waals surface area contributed by atoms with Gasteiger partial charge in [0.1, 0.15) is 4.33 Å². The average Bonchev–Trinajstić information content (AvgIpc) is 2.82. The Hall–Kier alpha value is 0.230. The van der Waals surface area contributed by atoms with Gasteiger partial charge in [-0.3, -0.25) is 4.79 Å². The molecule has 6 heteroatoms. The molecule has 1 aromatic carbocycles. The second-order valence-corrected chi connectivity index (χ2v) is 6.94. The highest BCUT2D eigenvalue weighted by atomic mass is 79.9. The molecule has 0 spiro atoms. The molecule has 2 rings (SSSR count). The number of hydrogen-bond acceptors (Lipinski definition) is 1. The molecule has 1 N–H and O–H groups in total. The van der Waals surface area contributed by atoms with Crippen LogP contribution in [0.4, 0.5) is 5.69 Å². The molecule has 1 saturated carbocycles. The summed E-state index contributed by atoms with van der Waals surface area (Å²) in [4.78, 5) is 11.7. The molecule has 0 aromatic heterocycles. The first kappa shape index (κ1) is 12.7. The van der Waals surface area contributed by atoms with Crippen LogP contribution in [0.5, 0.6) is 0 Å². The molecule has 1 aliphatic carbocycles. The van der Waals surface area contributed by atoms with Gasteiger partial charge in [-0.1, -0.05) is 15.9 Å². The van der Waals surface area contributed by atoms with E-state index < -0.39 is 4.33 Å². The normalized spacial score (nSPS) is 21.6. The van der Waals surface area contributed by atoms with Crippen molar-refractivity contribution in [2.45, 2.75) is 10.8 Å². The molecule has 1 fully saturated rings. The molecule has 1 unspecified atom stereocenters. The summed E-state index contributed by atoms with van der Waals surface area (Å²) in [7, 11) is 0. The fraction of sp³-hybridized carbons (Fsp3) is 0.300. The standard InChI is InChI=1S/C10H7Br2Cl2NO/c11-5-1-2-7(12)8(3-5)15-9(16)6-4-10(6,13)14/h1-3,6H,4H2,(H,15,16). The maximum absolute atomic E-state index is 11.7. The van der Waals surface area contributed by atoms with E-state index in [2.05, 4.69) is 37.2 Å². The molecule has 0 heterocycles. The highest BCUT2D eigenvalue weighted by molar-refractivity contribution is 9.11. The number of carbonyl (C=O) groups excluding carboxylic acids is 1. The third-order valence-electron chi connectivity index (χ3n) is 2.33. The van der Waals surface area contributed by atoms with Crippen LogP contribution in [0.3, 0.4) is 0 Å². The summed E-state index contributed by atoms with van der Waals surface area (Å²) in [6.45, 7) is 0. The number of hydrogen-bond donors (Lipinski definition) is 1. The van der Waals surface area contributed by atoms with Crippen molar-refractivity contribution in [3.63, 3.8) is 0 Å². The fourth-order valence-electron chi connectivity index (χ4n) is 1.31. The molecule has 0 radical (unpaired) electrons.